The molecule has 0 saturated carbocycles. The molecule has 0 fully saturated rings. The van der Waals surface area contributed by atoms with Crippen LogP contribution < -0.4 is 4.74 Å². The number of rotatable bonds is 7. The number of Topliss-reactive ketones (excluding diaryl/α,β-unsaturated/α-hetero) is 1. The Hall–Kier alpha value is -3.41. The van der Waals surface area contributed by atoms with Crippen molar-refractivity contribution in [3.8, 4) is 5.75 Å². The Balaban J connectivity index is 1.41. The summed E-state index contributed by atoms with van der Waals surface area (Å²) in [7, 11) is 0. The predicted molar refractivity (Wildman–Crippen MR) is 149 cm³/mol. The smallest absolute Gasteiger partial charge is 0.315 e. The van der Waals surface area contributed by atoms with E-state index in [9.17, 15) is 9.59 Å². The normalized spacial score (nSPS) is 21.0. The summed E-state index contributed by atoms with van der Waals surface area (Å²) in [6.45, 7) is 2.12. The fourth-order valence-electron chi connectivity index (χ4n) is 5.30. The van der Waals surface area contributed by atoms with Crippen molar-refractivity contribution in [2.75, 3.05) is 13.2 Å². The number of allylic oxidation sites excluding steroid dienone is 2. The number of hydrogen-bond donors (Lipinski definition) is 0. The van der Waals surface area contributed by atoms with Crippen LogP contribution in [0, 0.1) is 5.92 Å². The maximum atomic E-state index is 13.7. The van der Waals surface area contributed by atoms with Gasteiger partial charge in [0.1, 0.15) is 24.9 Å². The van der Waals surface area contributed by atoms with Gasteiger partial charge < -0.3 is 9.47 Å². The molecule has 1 heterocycles. The molecule has 2 aliphatic rings. The van der Waals surface area contributed by atoms with Crippen LogP contribution in [0.5, 0.6) is 5.75 Å². The second-order valence-electron chi connectivity index (χ2n) is 9.53. The fraction of sp³-hybridized carbons (Fsp3) is 0.258. The predicted octanol–water partition coefficient (Wildman–Crippen LogP) is 7.19. The van der Waals surface area contributed by atoms with E-state index in [4.69, 9.17) is 37.7 Å². The Labute approximate surface area is 232 Å². The highest BCUT2D eigenvalue weighted by atomic mass is 35.5. The Morgan fingerprint density at radius 3 is 2.39 bits per heavy atom. The molecule has 0 radical (unpaired) electrons. The highest BCUT2D eigenvalue weighted by molar-refractivity contribution is 6.31. The molecule has 1 aliphatic carbocycles. The SMILES string of the molecule is CC1=NC2=C(C(=O)C[C@@H](c3ccc(Cl)cc3)C2)[C@H](c2cccc(Cl)c2)C1C(=O)OCCOc1ccccc1. The van der Waals surface area contributed by atoms with Gasteiger partial charge in [0.25, 0.3) is 0 Å². The number of para-hydroxylation sites is 1. The van der Waals surface area contributed by atoms with Crippen LogP contribution >= 0.6 is 23.2 Å². The molecule has 3 aromatic rings. The van der Waals surface area contributed by atoms with E-state index in [2.05, 4.69) is 0 Å². The van der Waals surface area contributed by atoms with Crippen LogP contribution in [0.4, 0.5) is 0 Å². The molecule has 0 saturated heterocycles. The number of carbonyl (C=O) groups is 2. The zero-order chi connectivity index (χ0) is 26.6. The Kier molecular flexibility index (Phi) is 7.96. The van der Waals surface area contributed by atoms with Gasteiger partial charge in [0.15, 0.2) is 5.78 Å². The second kappa shape index (κ2) is 11.5. The van der Waals surface area contributed by atoms with E-state index in [0.29, 0.717) is 39.9 Å². The second-order valence-corrected chi connectivity index (χ2v) is 10.4. The molecular weight excluding hydrogens is 521 g/mol. The first-order valence-corrected chi connectivity index (χ1v) is 13.3. The van der Waals surface area contributed by atoms with Crippen molar-refractivity contribution in [3.05, 3.63) is 111 Å². The number of benzene rings is 3. The number of nitrogens with zero attached hydrogens (tertiary/aromatic N) is 1. The van der Waals surface area contributed by atoms with Gasteiger partial charge in [-0.25, -0.2) is 0 Å². The van der Waals surface area contributed by atoms with Gasteiger partial charge in [0.05, 0.1) is 0 Å². The maximum Gasteiger partial charge on any atom is 0.315 e. The summed E-state index contributed by atoms with van der Waals surface area (Å²) in [6.07, 6.45) is 0.933. The molecule has 0 amide bonds. The summed E-state index contributed by atoms with van der Waals surface area (Å²) in [5, 5.41) is 1.19. The lowest BCUT2D eigenvalue weighted by molar-refractivity contribution is -0.147. The van der Waals surface area contributed by atoms with Gasteiger partial charge >= 0.3 is 5.97 Å². The summed E-state index contributed by atoms with van der Waals surface area (Å²) < 4.78 is 11.3. The van der Waals surface area contributed by atoms with E-state index >= 15 is 0 Å². The van der Waals surface area contributed by atoms with E-state index in [1.165, 1.54) is 0 Å². The van der Waals surface area contributed by atoms with Crippen molar-refractivity contribution in [1.82, 2.24) is 0 Å². The van der Waals surface area contributed by atoms with Crippen molar-refractivity contribution in [1.29, 1.82) is 0 Å². The third-order valence-corrected chi connectivity index (χ3v) is 7.52. The minimum absolute atomic E-state index is 0.00582. The molecule has 7 heteroatoms. The largest absolute Gasteiger partial charge is 0.490 e. The average molecular weight is 548 g/mol. The van der Waals surface area contributed by atoms with Crippen LogP contribution in [0.2, 0.25) is 10.0 Å². The first kappa shape index (κ1) is 26.2. The lowest BCUT2D eigenvalue weighted by Crippen LogP contribution is -2.38. The number of aliphatic imine (C=N–C) groups is 1. The minimum atomic E-state index is -0.736. The number of halogens is 2. The zero-order valence-electron chi connectivity index (χ0n) is 20.9. The van der Waals surface area contributed by atoms with Gasteiger partial charge in [-0.3, -0.25) is 14.6 Å². The summed E-state index contributed by atoms with van der Waals surface area (Å²) in [4.78, 5) is 31.9. The Morgan fingerprint density at radius 2 is 1.66 bits per heavy atom. The first-order valence-electron chi connectivity index (χ1n) is 12.6. The lowest BCUT2D eigenvalue weighted by Gasteiger charge is -2.36. The van der Waals surface area contributed by atoms with Crippen molar-refractivity contribution in [2.24, 2.45) is 10.9 Å². The summed E-state index contributed by atoms with van der Waals surface area (Å²) in [6, 6.07) is 24.2. The van der Waals surface area contributed by atoms with Crippen LogP contribution in [0.3, 0.4) is 0 Å². The van der Waals surface area contributed by atoms with Crippen molar-refractivity contribution >= 4 is 40.7 Å². The fourth-order valence-corrected chi connectivity index (χ4v) is 5.63. The van der Waals surface area contributed by atoms with Crippen molar-refractivity contribution in [2.45, 2.75) is 31.6 Å². The molecule has 3 aromatic carbocycles. The van der Waals surface area contributed by atoms with Crippen LogP contribution in [-0.2, 0) is 14.3 Å². The third-order valence-electron chi connectivity index (χ3n) is 7.03. The maximum absolute atomic E-state index is 13.7. The van der Waals surface area contributed by atoms with E-state index in [1.54, 1.807) is 6.07 Å². The molecule has 194 valence electrons. The van der Waals surface area contributed by atoms with Crippen molar-refractivity contribution in [3.63, 3.8) is 0 Å². The topological polar surface area (TPSA) is 65.0 Å². The molecule has 3 atom stereocenters. The van der Waals surface area contributed by atoms with E-state index in [0.717, 1.165) is 16.8 Å². The molecule has 5 nitrogen and oxygen atoms in total. The standard InChI is InChI=1S/C31H27Cl2NO4/c1-19-28(31(36)38-15-14-37-25-8-3-2-4-9-25)29(21-6-5-7-24(33)16-21)30-26(34-19)17-22(18-27(30)35)20-10-12-23(32)13-11-20/h2-13,16,22,28-29H,14-15,17-18H2,1H3/t22-,28?,29+/m0/s1. The van der Waals surface area contributed by atoms with E-state index in [1.807, 2.05) is 79.7 Å². The molecule has 1 unspecified atom stereocenters. The van der Waals surface area contributed by atoms with Gasteiger partial charge in [-0.05, 0) is 66.8 Å². The van der Waals surface area contributed by atoms with Gasteiger partial charge in [0.2, 0.25) is 0 Å². The van der Waals surface area contributed by atoms with Gasteiger partial charge in [0, 0.05) is 39.4 Å². The number of ether oxygens (including phenoxy) is 2. The van der Waals surface area contributed by atoms with Crippen LogP contribution in [0.15, 0.2) is 95.1 Å². The van der Waals surface area contributed by atoms with E-state index < -0.39 is 17.8 Å². The molecule has 0 spiro atoms. The van der Waals surface area contributed by atoms with Gasteiger partial charge in [-0.2, -0.15) is 0 Å². The highest BCUT2D eigenvalue weighted by Crippen LogP contribution is 2.47. The van der Waals surface area contributed by atoms with Crippen LogP contribution in [-0.4, -0.2) is 30.7 Å². The lowest BCUT2D eigenvalue weighted by atomic mass is 9.69. The number of ketones is 1. The molecular formula is C31H27Cl2NO4. The minimum Gasteiger partial charge on any atom is -0.490 e. The Bertz CT molecular complexity index is 1400. The molecule has 1 aliphatic heterocycles. The zero-order valence-corrected chi connectivity index (χ0v) is 22.4. The highest BCUT2D eigenvalue weighted by Gasteiger charge is 2.44. The molecule has 38 heavy (non-hydrogen) atoms. The molecule has 0 N–H and O–H groups in total. The quantitative estimate of drug-likeness (QED) is 0.232. The molecule has 5 rings (SSSR count). The van der Waals surface area contributed by atoms with Crippen LogP contribution in [0.25, 0.3) is 0 Å². The van der Waals surface area contributed by atoms with Gasteiger partial charge in [-0.15, -0.1) is 0 Å². The van der Waals surface area contributed by atoms with Gasteiger partial charge in [-0.1, -0.05) is 65.7 Å². The summed E-state index contributed by atoms with van der Waals surface area (Å²) in [5.41, 5.74) is 3.75. The third kappa shape index (κ3) is 5.69. The summed E-state index contributed by atoms with van der Waals surface area (Å²) >= 11 is 12.4. The van der Waals surface area contributed by atoms with Crippen LogP contribution in [0.1, 0.15) is 42.7 Å². The monoisotopic (exact) mass is 547 g/mol. The molecule has 0 aromatic heterocycles. The molecule has 0 bridgehead atoms. The number of esters is 1. The number of hydrogen-bond acceptors (Lipinski definition) is 5. The first-order chi connectivity index (χ1) is 18.4. The average Bonchev–Trinajstić information content (AvgIpc) is 2.91. The Morgan fingerprint density at radius 1 is 0.895 bits per heavy atom. The summed E-state index contributed by atoms with van der Waals surface area (Å²) in [5.74, 6) is -1.02. The van der Waals surface area contributed by atoms with E-state index in [-0.39, 0.29) is 24.9 Å². The number of carbonyl (C=O) groups excluding carboxylic acids is 2. The van der Waals surface area contributed by atoms with Crippen molar-refractivity contribution < 1.29 is 19.1 Å².